The highest BCUT2D eigenvalue weighted by Crippen LogP contribution is 2.36. The first-order valence-corrected chi connectivity index (χ1v) is 12.6. The number of benzene rings is 1. The van der Waals surface area contributed by atoms with Crippen LogP contribution >= 0.6 is 11.6 Å². The van der Waals surface area contributed by atoms with Gasteiger partial charge in [-0.25, -0.2) is 13.4 Å². The van der Waals surface area contributed by atoms with Gasteiger partial charge in [0, 0.05) is 17.6 Å². The van der Waals surface area contributed by atoms with E-state index in [1.807, 2.05) is 13.8 Å². The van der Waals surface area contributed by atoms with Gasteiger partial charge in [-0.3, -0.25) is 9.52 Å². The normalized spacial score (nSPS) is 14.2. The zero-order valence-electron chi connectivity index (χ0n) is 18.4. The van der Waals surface area contributed by atoms with E-state index in [1.54, 1.807) is 35.2 Å². The van der Waals surface area contributed by atoms with Crippen LogP contribution in [-0.4, -0.2) is 40.9 Å². The van der Waals surface area contributed by atoms with Crippen LogP contribution in [0.15, 0.2) is 35.1 Å². The molecule has 1 fully saturated rings. The summed E-state index contributed by atoms with van der Waals surface area (Å²) >= 11 is 6.39. The second kappa shape index (κ2) is 8.17. The number of sulfonamides is 1. The third kappa shape index (κ3) is 4.05. The second-order valence-electron chi connectivity index (χ2n) is 8.71. The van der Waals surface area contributed by atoms with Gasteiger partial charge in [-0.15, -0.1) is 0 Å². The fourth-order valence-corrected chi connectivity index (χ4v) is 5.19. The molecule has 0 unspecified atom stereocenters. The van der Waals surface area contributed by atoms with Gasteiger partial charge in [0.1, 0.15) is 5.02 Å². The van der Waals surface area contributed by atoms with Gasteiger partial charge >= 0.3 is 0 Å². The number of anilines is 1. The third-order valence-corrected chi connectivity index (χ3v) is 7.59. The maximum absolute atomic E-state index is 12.4. The number of hydrogen-bond acceptors (Lipinski definition) is 7. The van der Waals surface area contributed by atoms with E-state index < -0.39 is 21.2 Å². The van der Waals surface area contributed by atoms with Crippen LogP contribution in [0.3, 0.4) is 0 Å². The quantitative estimate of drug-likeness (QED) is 0.371. The molecule has 0 radical (unpaired) electrons. The van der Waals surface area contributed by atoms with Crippen LogP contribution in [0.25, 0.3) is 27.6 Å². The summed E-state index contributed by atoms with van der Waals surface area (Å²) in [5, 5.41) is 4.71. The lowest BCUT2D eigenvalue weighted by atomic mass is 10.1. The number of ether oxygens (including phenoxy) is 1. The first-order chi connectivity index (χ1) is 16.1. The summed E-state index contributed by atoms with van der Waals surface area (Å²) in [5.41, 5.74) is 7.38. The number of carbonyl (C=O) groups is 1. The Morgan fingerprint density at radius 2 is 2.09 bits per heavy atom. The van der Waals surface area contributed by atoms with Gasteiger partial charge in [-0.1, -0.05) is 30.6 Å². The third-order valence-electron chi connectivity index (χ3n) is 5.49. The summed E-state index contributed by atoms with van der Waals surface area (Å²) in [6.07, 6.45) is 4.38. The highest BCUT2D eigenvalue weighted by atomic mass is 35.5. The van der Waals surface area contributed by atoms with Crippen molar-refractivity contribution in [2.75, 3.05) is 11.3 Å². The summed E-state index contributed by atoms with van der Waals surface area (Å²) in [6, 6.07) is 4.97. The van der Waals surface area contributed by atoms with Crippen LogP contribution in [0.5, 0.6) is 5.88 Å². The van der Waals surface area contributed by atoms with Gasteiger partial charge in [-0.05, 0) is 30.9 Å². The van der Waals surface area contributed by atoms with Crippen molar-refractivity contribution in [1.29, 1.82) is 0 Å². The molecular formula is C22H22ClN5O5S. The second-order valence-corrected chi connectivity index (χ2v) is 11.1. The van der Waals surface area contributed by atoms with Gasteiger partial charge in [-0.2, -0.15) is 0 Å². The van der Waals surface area contributed by atoms with Gasteiger partial charge in [0.05, 0.1) is 40.2 Å². The van der Waals surface area contributed by atoms with E-state index in [2.05, 4.69) is 14.9 Å². The number of carbonyl (C=O) groups excluding carboxylic acids is 1. The van der Waals surface area contributed by atoms with E-state index in [0.717, 1.165) is 0 Å². The number of nitrogens with zero attached hydrogens (tertiary/aromatic N) is 3. The molecule has 0 spiro atoms. The minimum atomic E-state index is -3.54. The average molecular weight is 504 g/mol. The van der Waals surface area contributed by atoms with E-state index in [9.17, 15) is 13.2 Å². The fourth-order valence-electron chi connectivity index (χ4n) is 3.64. The van der Waals surface area contributed by atoms with E-state index in [-0.39, 0.29) is 11.4 Å². The molecule has 3 heterocycles. The molecule has 178 valence electrons. The van der Waals surface area contributed by atoms with Crippen LogP contribution in [0.4, 0.5) is 5.82 Å². The summed E-state index contributed by atoms with van der Waals surface area (Å²) < 4.78 is 40.0. The van der Waals surface area contributed by atoms with Crippen molar-refractivity contribution >= 4 is 55.2 Å². The molecule has 0 saturated heterocycles. The maximum Gasteiger partial charge on any atom is 0.250 e. The standard InChI is InChI=1S/C22H22ClN5O5S/c1-11(2)10-32-22-17(23)5-12(8-25-22)28-9-16(20(24)29)14-6-15-19(7-18(14)28)33-26-21(15)27-34(30,31)13-3-4-13/h5-9,11,13H,3-4,10H2,1-2H3,(H2,24,29)(H,26,27). The smallest absolute Gasteiger partial charge is 0.250 e. The van der Waals surface area contributed by atoms with E-state index in [4.69, 9.17) is 26.6 Å². The topological polar surface area (TPSA) is 142 Å². The SMILES string of the molecule is CC(C)COc1ncc(-n2cc(C(N)=O)c3cc4c(NS(=O)(=O)C5CC5)noc4cc32)cc1Cl. The Labute approximate surface area is 200 Å². The van der Waals surface area contributed by atoms with Gasteiger partial charge in [0.15, 0.2) is 11.4 Å². The molecule has 1 aromatic carbocycles. The molecule has 3 N–H and O–H groups in total. The first-order valence-electron chi connectivity index (χ1n) is 10.7. The molecule has 3 aromatic heterocycles. The highest BCUT2D eigenvalue weighted by molar-refractivity contribution is 7.93. The van der Waals surface area contributed by atoms with Crippen molar-refractivity contribution in [3.05, 3.63) is 41.2 Å². The molecule has 5 rings (SSSR count). The van der Waals surface area contributed by atoms with E-state index in [0.29, 0.717) is 63.8 Å². The van der Waals surface area contributed by atoms with Crippen LogP contribution in [0, 0.1) is 5.92 Å². The predicted octanol–water partition coefficient (Wildman–Crippen LogP) is 3.86. The molecule has 34 heavy (non-hydrogen) atoms. The number of nitrogens with one attached hydrogen (secondary N) is 1. The Morgan fingerprint density at radius 3 is 2.74 bits per heavy atom. The number of primary amides is 1. The summed E-state index contributed by atoms with van der Waals surface area (Å²) in [5.74, 6) is 0.0573. The summed E-state index contributed by atoms with van der Waals surface area (Å²) in [7, 11) is -3.54. The molecule has 1 aliphatic carbocycles. The van der Waals surface area contributed by atoms with Crippen molar-refractivity contribution in [1.82, 2.24) is 14.7 Å². The molecule has 1 amide bonds. The number of pyridine rings is 1. The van der Waals surface area contributed by atoms with Crippen molar-refractivity contribution in [2.24, 2.45) is 11.7 Å². The van der Waals surface area contributed by atoms with Crippen molar-refractivity contribution in [3.63, 3.8) is 0 Å². The summed E-state index contributed by atoms with van der Waals surface area (Å²) in [6.45, 7) is 4.51. The minimum absolute atomic E-state index is 0.0725. The lowest BCUT2D eigenvalue weighted by molar-refractivity contribution is 0.100. The van der Waals surface area contributed by atoms with Crippen molar-refractivity contribution in [3.8, 4) is 11.6 Å². The first kappa shape index (κ1) is 22.5. The molecule has 1 saturated carbocycles. The Bertz CT molecular complexity index is 1540. The number of fused-ring (bicyclic) bond motifs is 2. The number of amides is 1. The number of rotatable bonds is 8. The molecule has 1 aliphatic rings. The van der Waals surface area contributed by atoms with Crippen molar-refractivity contribution < 1.29 is 22.5 Å². The Balaban J connectivity index is 1.60. The molecule has 0 atom stereocenters. The lowest BCUT2D eigenvalue weighted by Crippen LogP contribution is -2.17. The number of hydrogen-bond donors (Lipinski definition) is 2. The molecular weight excluding hydrogens is 482 g/mol. The average Bonchev–Trinajstić information content (AvgIpc) is 3.49. The monoisotopic (exact) mass is 503 g/mol. The highest BCUT2D eigenvalue weighted by Gasteiger charge is 2.36. The van der Waals surface area contributed by atoms with Gasteiger partial charge in [0.2, 0.25) is 15.9 Å². The Morgan fingerprint density at radius 1 is 1.32 bits per heavy atom. The number of nitrogens with two attached hydrogens (primary N) is 1. The maximum atomic E-state index is 12.4. The van der Waals surface area contributed by atoms with Crippen LogP contribution in [-0.2, 0) is 10.0 Å². The molecule has 4 aromatic rings. The van der Waals surface area contributed by atoms with Crippen LogP contribution < -0.4 is 15.2 Å². The van der Waals surface area contributed by atoms with Crippen LogP contribution in [0.2, 0.25) is 5.02 Å². The number of halogens is 1. The zero-order valence-corrected chi connectivity index (χ0v) is 20.0. The predicted molar refractivity (Wildman–Crippen MR) is 128 cm³/mol. The minimum Gasteiger partial charge on any atom is -0.476 e. The Hall–Kier alpha value is -3.31. The molecule has 12 heteroatoms. The van der Waals surface area contributed by atoms with Crippen molar-refractivity contribution in [2.45, 2.75) is 31.9 Å². The number of aromatic nitrogens is 3. The van der Waals surface area contributed by atoms with Gasteiger partial charge in [0.25, 0.3) is 5.91 Å². The Kier molecular flexibility index (Phi) is 5.40. The largest absolute Gasteiger partial charge is 0.476 e. The fraction of sp³-hybridized carbons (Fsp3) is 0.318. The lowest BCUT2D eigenvalue weighted by Gasteiger charge is -2.11. The molecule has 0 bridgehead atoms. The summed E-state index contributed by atoms with van der Waals surface area (Å²) in [4.78, 5) is 16.5. The molecule has 10 nitrogen and oxygen atoms in total. The zero-order chi connectivity index (χ0) is 24.2. The van der Waals surface area contributed by atoms with E-state index >= 15 is 0 Å². The van der Waals surface area contributed by atoms with E-state index in [1.165, 1.54) is 0 Å². The molecule has 0 aliphatic heterocycles. The van der Waals surface area contributed by atoms with Gasteiger partial charge < -0.3 is 19.6 Å². The van der Waals surface area contributed by atoms with Crippen LogP contribution in [0.1, 0.15) is 37.0 Å².